The zero-order chi connectivity index (χ0) is 34.5. The molecule has 50 heavy (non-hydrogen) atoms. The molecule has 4 aromatic carbocycles. The fourth-order valence-corrected chi connectivity index (χ4v) is 6.37. The fraction of sp³-hybridized carbons (Fsp3) is 0.359. The number of nitrogens with one attached hydrogen (secondary N) is 1. The molecule has 1 saturated heterocycles. The van der Waals surface area contributed by atoms with Crippen LogP contribution in [-0.4, -0.2) is 74.8 Å². The van der Waals surface area contributed by atoms with Gasteiger partial charge in [0.05, 0.1) is 36.8 Å². The summed E-state index contributed by atoms with van der Waals surface area (Å²) >= 11 is 6.36. The van der Waals surface area contributed by atoms with Crippen molar-refractivity contribution >= 4 is 29.9 Å². The van der Waals surface area contributed by atoms with Gasteiger partial charge in [-0.3, -0.25) is 14.6 Å². The molecule has 1 fully saturated rings. The van der Waals surface area contributed by atoms with Gasteiger partial charge in [0.25, 0.3) is 0 Å². The van der Waals surface area contributed by atoms with Crippen molar-refractivity contribution in [2.24, 2.45) is 0 Å². The van der Waals surface area contributed by atoms with Gasteiger partial charge in [-0.05, 0) is 46.9 Å². The van der Waals surface area contributed by atoms with Crippen molar-refractivity contribution in [1.29, 1.82) is 0 Å². The number of benzene rings is 4. The van der Waals surface area contributed by atoms with Crippen molar-refractivity contribution in [1.82, 2.24) is 15.1 Å². The Bertz CT molecular complexity index is 1570. The Morgan fingerprint density at radius 1 is 0.920 bits per heavy atom. The molecule has 6 nitrogen and oxygen atoms in total. The van der Waals surface area contributed by atoms with Gasteiger partial charge in [0.1, 0.15) is 5.75 Å². The maximum absolute atomic E-state index is 13.7. The summed E-state index contributed by atoms with van der Waals surface area (Å²) in [6, 6.07) is 31.8. The third-order valence-electron chi connectivity index (χ3n) is 8.63. The van der Waals surface area contributed by atoms with E-state index in [9.17, 15) is 18.0 Å². The first-order valence-corrected chi connectivity index (χ1v) is 17.1. The molecule has 0 spiro atoms. The Morgan fingerprint density at radius 3 is 2.24 bits per heavy atom. The van der Waals surface area contributed by atoms with Gasteiger partial charge in [0, 0.05) is 51.7 Å². The number of morpholine rings is 1. The second-order valence-electron chi connectivity index (χ2n) is 12.2. The maximum atomic E-state index is 13.7. The van der Waals surface area contributed by atoms with Crippen molar-refractivity contribution < 1.29 is 27.4 Å². The zero-order valence-electron chi connectivity index (χ0n) is 27.9. The van der Waals surface area contributed by atoms with Crippen LogP contribution in [0.1, 0.15) is 40.2 Å². The third kappa shape index (κ3) is 12.0. The predicted octanol–water partition coefficient (Wildman–Crippen LogP) is 7.87. The summed E-state index contributed by atoms with van der Waals surface area (Å²) in [5.41, 5.74) is 2.69. The molecular formula is C39H44Cl2F3N3O3. The van der Waals surface area contributed by atoms with Gasteiger partial charge in [0.2, 0.25) is 5.91 Å². The van der Waals surface area contributed by atoms with Gasteiger partial charge >= 0.3 is 6.18 Å². The molecule has 0 radical (unpaired) electrons. The standard InChI is InChI=1S/C39H43ClF3N3O3.ClH/c40-38-33(15-8-17-36(38)39(41,42)43)28-46(29-35(31-11-3-1-4-12-31)32-13-5-2-6-14-32)19-9-23-49-34-16-7-10-30(26-34)27-37(47)44-18-20-45-21-24-48-25-22-45;/h1-8,10-17,26,35H,9,18-25,27-29H2,(H,44,47);1H. The molecule has 268 valence electrons. The largest absolute Gasteiger partial charge is 0.494 e. The first-order valence-electron chi connectivity index (χ1n) is 16.7. The first kappa shape index (κ1) is 39.2. The fourth-order valence-electron chi connectivity index (χ4n) is 6.08. The van der Waals surface area contributed by atoms with Gasteiger partial charge < -0.3 is 14.8 Å². The van der Waals surface area contributed by atoms with Crippen molar-refractivity contribution in [3.8, 4) is 5.75 Å². The van der Waals surface area contributed by atoms with E-state index in [0.717, 1.165) is 55.6 Å². The average molecular weight is 731 g/mol. The second-order valence-corrected chi connectivity index (χ2v) is 12.6. The lowest BCUT2D eigenvalue weighted by Gasteiger charge is -2.29. The smallest absolute Gasteiger partial charge is 0.417 e. The van der Waals surface area contributed by atoms with Crippen molar-refractivity contribution in [3.63, 3.8) is 0 Å². The Morgan fingerprint density at radius 2 is 1.58 bits per heavy atom. The van der Waals surface area contributed by atoms with E-state index in [1.807, 2.05) is 60.7 Å². The van der Waals surface area contributed by atoms with Crippen LogP contribution < -0.4 is 10.1 Å². The highest BCUT2D eigenvalue weighted by atomic mass is 35.5. The minimum absolute atomic E-state index is 0. The molecule has 1 N–H and O–H groups in total. The quantitative estimate of drug-likeness (QED) is 0.119. The summed E-state index contributed by atoms with van der Waals surface area (Å²) in [4.78, 5) is 17.0. The summed E-state index contributed by atoms with van der Waals surface area (Å²) in [5.74, 6) is 0.614. The first-order chi connectivity index (χ1) is 23.8. The van der Waals surface area contributed by atoms with Gasteiger partial charge in [-0.1, -0.05) is 96.5 Å². The van der Waals surface area contributed by atoms with E-state index in [2.05, 4.69) is 39.4 Å². The van der Waals surface area contributed by atoms with Gasteiger partial charge in [-0.2, -0.15) is 13.2 Å². The normalized spacial score (nSPS) is 13.6. The minimum Gasteiger partial charge on any atom is -0.494 e. The van der Waals surface area contributed by atoms with Crippen LogP contribution in [0.2, 0.25) is 5.02 Å². The Kier molecular flexibility index (Phi) is 15.4. The van der Waals surface area contributed by atoms with E-state index in [0.29, 0.717) is 44.0 Å². The number of rotatable bonds is 16. The van der Waals surface area contributed by atoms with Crippen molar-refractivity contribution in [3.05, 3.63) is 136 Å². The van der Waals surface area contributed by atoms with Crippen molar-refractivity contribution in [2.75, 3.05) is 59.1 Å². The molecule has 1 amide bonds. The molecule has 11 heteroatoms. The molecular weight excluding hydrogens is 686 g/mol. The van der Waals surface area contributed by atoms with Crippen LogP contribution >= 0.6 is 24.0 Å². The van der Waals surface area contributed by atoms with Crippen LogP contribution in [0.3, 0.4) is 0 Å². The van der Waals surface area contributed by atoms with E-state index in [1.165, 1.54) is 6.07 Å². The van der Waals surface area contributed by atoms with Crippen LogP contribution in [0.15, 0.2) is 103 Å². The number of alkyl halides is 3. The molecule has 1 aliphatic heterocycles. The van der Waals surface area contributed by atoms with Crippen molar-refractivity contribution in [2.45, 2.75) is 31.5 Å². The second kappa shape index (κ2) is 19.7. The average Bonchev–Trinajstić information content (AvgIpc) is 3.10. The molecule has 0 aromatic heterocycles. The zero-order valence-corrected chi connectivity index (χ0v) is 29.5. The van der Waals surface area contributed by atoms with Crippen LogP contribution in [0.25, 0.3) is 0 Å². The number of amides is 1. The molecule has 0 saturated carbocycles. The summed E-state index contributed by atoms with van der Waals surface area (Å²) in [5, 5.41) is 2.73. The van der Waals surface area contributed by atoms with Crippen LogP contribution in [-0.2, 0) is 28.7 Å². The number of carbonyl (C=O) groups is 1. The van der Waals surface area contributed by atoms with E-state index >= 15 is 0 Å². The highest BCUT2D eigenvalue weighted by Crippen LogP contribution is 2.37. The molecule has 0 aliphatic carbocycles. The van der Waals surface area contributed by atoms with E-state index in [4.69, 9.17) is 21.1 Å². The lowest BCUT2D eigenvalue weighted by atomic mass is 9.90. The highest BCUT2D eigenvalue weighted by molar-refractivity contribution is 6.32. The Balaban J connectivity index is 0.00000562. The summed E-state index contributed by atoms with van der Waals surface area (Å²) < 4.78 is 52.6. The van der Waals surface area contributed by atoms with Gasteiger partial charge in [0.15, 0.2) is 0 Å². The van der Waals surface area contributed by atoms with E-state index in [-0.39, 0.29) is 42.2 Å². The highest BCUT2D eigenvalue weighted by Gasteiger charge is 2.34. The molecule has 5 rings (SSSR count). The number of carbonyl (C=O) groups excluding carboxylic acids is 1. The van der Waals surface area contributed by atoms with Gasteiger partial charge in [-0.25, -0.2) is 0 Å². The monoisotopic (exact) mass is 729 g/mol. The van der Waals surface area contributed by atoms with E-state index in [1.54, 1.807) is 6.07 Å². The molecule has 0 unspecified atom stereocenters. The third-order valence-corrected chi connectivity index (χ3v) is 9.07. The lowest BCUT2D eigenvalue weighted by molar-refractivity contribution is -0.137. The number of nitrogens with zero attached hydrogens (tertiary/aromatic N) is 2. The number of ether oxygens (including phenoxy) is 2. The molecule has 4 aromatic rings. The maximum Gasteiger partial charge on any atom is 0.417 e. The number of halogens is 5. The summed E-state index contributed by atoms with van der Waals surface area (Å²) in [6.07, 6.45) is -3.66. The molecule has 1 heterocycles. The predicted molar refractivity (Wildman–Crippen MR) is 194 cm³/mol. The van der Waals surface area contributed by atoms with Crippen LogP contribution in [0.5, 0.6) is 5.75 Å². The molecule has 1 aliphatic rings. The van der Waals surface area contributed by atoms with Crippen LogP contribution in [0, 0.1) is 0 Å². The number of hydrogen-bond donors (Lipinski definition) is 1. The summed E-state index contributed by atoms with van der Waals surface area (Å²) in [6.45, 7) is 6.37. The molecule has 0 bridgehead atoms. The Hall–Kier alpha value is -3.60. The lowest BCUT2D eigenvalue weighted by Crippen LogP contribution is -2.41. The minimum atomic E-state index is -4.54. The van der Waals surface area contributed by atoms with Crippen LogP contribution in [0.4, 0.5) is 13.2 Å². The van der Waals surface area contributed by atoms with E-state index < -0.39 is 11.7 Å². The SMILES string of the molecule is Cl.O=C(Cc1cccc(OCCCN(Cc2cccc(C(F)(F)F)c2Cl)CC(c2ccccc2)c2ccccc2)c1)NCCN1CCOCC1. The van der Waals surface area contributed by atoms with Gasteiger partial charge in [-0.15, -0.1) is 12.4 Å². The number of hydrogen-bond acceptors (Lipinski definition) is 5. The molecule has 0 atom stereocenters. The Labute approximate surface area is 303 Å². The summed E-state index contributed by atoms with van der Waals surface area (Å²) in [7, 11) is 0. The topological polar surface area (TPSA) is 54.0 Å².